The molecule has 5 heteroatoms. The number of hydrogen-bond donors (Lipinski definition) is 1. The van der Waals surface area contributed by atoms with Crippen LogP contribution in [0.2, 0.25) is 0 Å². The van der Waals surface area contributed by atoms with E-state index in [2.05, 4.69) is 28.7 Å². The van der Waals surface area contributed by atoms with Crippen molar-refractivity contribution in [1.29, 1.82) is 0 Å². The fourth-order valence-electron chi connectivity index (χ4n) is 3.75. The quantitative estimate of drug-likeness (QED) is 0.895. The number of hydrogen-bond acceptors (Lipinski definition) is 4. The highest BCUT2D eigenvalue weighted by molar-refractivity contribution is 5.67. The van der Waals surface area contributed by atoms with Crippen molar-refractivity contribution in [2.75, 3.05) is 36.8 Å². The first-order chi connectivity index (χ1) is 9.58. The molecule has 1 unspecified atom stereocenters. The molecular weight excluding hydrogens is 250 g/mol. The first-order valence-electron chi connectivity index (χ1n) is 7.89. The number of nitrogens with zero attached hydrogens (tertiary/aromatic N) is 4. The Balaban J connectivity index is 1.88. The van der Waals surface area contributed by atoms with Crippen LogP contribution in [0.4, 0.5) is 11.5 Å². The lowest BCUT2D eigenvalue weighted by Gasteiger charge is -2.27. The Morgan fingerprint density at radius 3 is 2.65 bits per heavy atom. The van der Waals surface area contributed by atoms with Crippen molar-refractivity contribution in [2.45, 2.75) is 45.1 Å². The maximum atomic E-state index is 6.39. The number of anilines is 2. The Labute approximate surface area is 121 Å². The second-order valence-electron chi connectivity index (χ2n) is 6.53. The van der Waals surface area contributed by atoms with Gasteiger partial charge in [0.1, 0.15) is 5.82 Å². The van der Waals surface area contributed by atoms with E-state index in [1.54, 1.807) is 0 Å². The first-order valence-corrected chi connectivity index (χ1v) is 7.89. The zero-order chi connectivity index (χ0) is 14.3. The molecule has 0 aromatic carbocycles. The van der Waals surface area contributed by atoms with Crippen LogP contribution in [0.5, 0.6) is 0 Å². The standard InChI is InChI=1S/C15H27N5/c1-11(2)14-13(16)15(18(3)17-14)20-9-5-8-19-7-4-6-12(19)10-20/h11-12H,4-10,16H2,1-3H3. The van der Waals surface area contributed by atoms with Crippen molar-refractivity contribution in [3.8, 4) is 0 Å². The van der Waals surface area contributed by atoms with Crippen LogP contribution in [0.15, 0.2) is 0 Å². The molecule has 2 aliphatic heterocycles. The van der Waals surface area contributed by atoms with E-state index in [0.29, 0.717) is 12.0 Å². The molecule has 0 amide bonds. The third-order valence-corrected chi connectivity index (χ3v) is 4.73. The largest absolute Gasteiger partial charge is 0.394 e. The van der Waals surface area contributed by atoms with Crippen LogP contribution in [0.3, 0.4) is 0 Å². The monoisotopic (exact) mass is 277 g/mol. The van der Waals surface area contributed by atoms with Gasteiger partial charge in [-0.1, -0.05) is 13.8 Å². The van der Waals surface area contributed by atoms with Crippen LogP contribution in [-0.4, -0.2) is 46.9 Å². The minimum Gasteiger partial charge on any atom is -0.394 e. The fraction of sp³-hybridized carbons (Fsp3) is 0.800. The molecule has 112 valence electrons. The molecule has 2 saturated heterocycles. The molecular formula is C15H27N5. The number of nitrogens with two attached hydrogens (primary N) is 1. The maximum Gasteiger partial charge on any atom is 0.150 e. The van der Waals surface area contributed by atoms with E-state index in [9.17, 15) is 0 Å². The van der Waals surface area contributed by atoms with Gasteiger partial charge >= 0.3 is 0 Å². The maximum absolute atomic E-state index is 6.39. The van der Waals surface area contributed by atoms with Crippen molar-refractivity contribution >= 4 is 11.5 Å². The normalized spacial score (nSPS) is 24.2. The van der Waals surface area contributed by atoms with E-state index >= 15 is 0 Å². The summed E-state index contributed by atoms with van der Waals surface area (Å²) in [6.45, 7) is 9.01. The second-order valence-corrected chi connectivity index (χ2v) is 6.53. The summed E-state index contributed by atoms with van der Waals surface area (Å²) in [4.78, 5) is 5.11. The molecule has 1 aromatic heterocycles. The SMILES string of the molecule is CC(C)c1nn(C)c(N2CCCN3CCCC3C2)c1N. The summed E-state index contributed by atoms with van der Waals surface area (Å²) in [7, 11) is 2.02. The van der Waals surface area contributed by atoms with E-state index in [1.807, 2.05) is 11.7 Å². The van der Waals surface area contributed by atoms with Crippen molar-refractivity contribution in [2.24, 2.45) is 7.05 Å². The zero-order valence-corrected chi connectivity index (χ0v) is 13.0. The molecule has 0 bridgehead atoms. The Hall–Kier alpha value is -1.23. The van der Waals surface area contributed by atoms with Gasteiger partial charge in [-0.25, -0.2) is 0 Å². The van der Waals surface area contributed by atoms with Gasteiger partial charge in [0.05, 0.1) is 11.4 Å². The second kappa shape index (κ2) is 5.28. The van der Waals surface area contributed by atoms with Gasteiger partial charge in [-0.15, -0.1) is 0 Å². The zero-order valence-electron chi connectivity index (χ0n) is 13.0. The Bertz CT molecular complexity index is 479. The van der Waals surface area contributed by atoms with Crippen LogP contribution in [0.1, 0.15) is 44.7 Å². The van der Waals surface area contributed by atoms with Crippen molar-refractivity contribution in [3.05, 3.63) is 5.69 Å². The lowest BCUT2D eigenvalue weighted by Crippen LogP contribution is -2.37. The van der Waals surface area contributed by atoms with Gasteiger partial charge in [0.2, 0.25) is 0 Å². The molecule has 0 radical (unpaired) electrons. The number of aryl methyl sites for hydroxylation is 1. The summed E-state index contributed by atoms with van der Waals surface area (Å²) in [5, 5.41) is 4.64. The van der Waals surface area contributed by atoms with Crippen LogP contribution in [-0.2, 0) is 7.05 Å². The van der Waals surface area contributed by atoms with E-state index in [0.717, 1.165) is 30.3 Å². The van der Waals surface area contributed by atoms with Gasteiger partial charge in [0.15, 0.2) is 0 Å². The summed E-state index contributed by atoms with van der Waals surface area (Å²) >= 11 is 0. The molecule has 3 rings (SSSR count). The molecule has 0 saturated carbocycles. The summed E-state index contributed by atoms with van der Waals surface area (Å²) in [5.74, 6) is 1.51. The van der Waals surface area contributed by atoms with E-state index in [1.165, 1.54) is 32.4 Å². The molecule has 1 atom stereocenters. The predicted molar refractivity (Wildman–Crippen MR) is 83.1 cm³/mol. The minimum atomic E-state index is 0.380. The molecule has 0 aliphatic carbocycles. The third kappa shape index (κ3) is 2.28. The predicted octanol–water partition coefficient (Wildman–Crippen LogP) is 1.80. The number of aromatic nitrogens is 2. The molecule has 3 heterocycles. The molecule has 2 N–H and O–H groups in total. The first kappa shape index (κ1) is 13.7. The lowest BCUT2D eigenvalue weighted by atomic mass is 10.1. The third-order valence-electron chi connectivity index (χ3n) is 4.73. The van der Waals surface area contributed by atoms with E-state index in [4.69, 9.17) is 5.73 Å². The van der Waals surface area contributed by atoms with E-state index in [-0.39, 0.29) is 0 Å². The summed E-state index contributed by atoms with van der Waals surface area (Å²) < 4.78 is 1.98. The highest BCUT2D eigenvalue weighted by Crippen LogP contribution is 2.33. The van der Waals surface area contributed by atoms with Crippen molar-refractivity contribution < 1.29 is 0 Å². The average molecular weight is 277 g/mol. The van der Waals surface area contributed by atoms with Gasteiger partial charge in [-0.3, -0.25) is 9.58 Å². The fourth-order valence-corrected chi connectivity index (χ4v) is 3.75. The molecule has 0 spiro atoms. The van der Waals surface area contributed by atoms with Gasteiger partial charge in [0, 0.05) is 32.7 Å². The Morgan fingerprint density at radius 1 is 1.20 bits per heavy atom. The van der Waals surface area contributed by atoms with Crippen LogP contribution >= 0.6 is 0 Å². The smallest absolute Gasteiger partial charge is 0.150 e. The van der Waals surface area contributed by atoms with Gasteiger partial charge in [0.25, 0.3) is 0 Å². The van der Waals surface area contributed by atoms with Crippen LogP contribution in [0.25, 0.3) is 0 Å². The number of rotatable bonds is 2. The summed E-state index contributed by atoms with van der Waals surface area (Å²) in [5.41, 5.74) is 8.31. The highest BCUT2D eigenvalue weighted by Gasteiger charge is 2.31. The minimum absolute atomic E-state index is 0.380. The molecule has 5 nitrogen and oxygen atoms in total. The van der Waals surface area contributed by atoms with Gasteiger partial charge in [-0.2, -0.15) is 5.10 Å². The van der Waals surface area contributed by atoms with Gasteiger partial charge < -0.3 is 10.6 Å². The molecule has 20 heavy (non-hydrogen) atoms. The molecule has 2 aliphatic rings. The molecule has 1 aromatic rings. The topological polar surface area (TPSA) is 50.3 Å². The lowest BCUT2D eigenvalue weighted by molar-refractivity contribution is 0.273. The average Bonchev–Trinajstić information content (AvgIpc) is 2.88. The van der Waals surface area contributed by atoms with Crippen molar-refractivity contribution in [1.82, 2.24) is 14.7 Å². The number of fused-ring (bicyclic) bond motifs is 1. The Morgan fingerprint density at radius 2 is 1.95 bits per heavy atom. The van der Waals surface area contributed by atoms with Gasteiger partial charge in [-0.05, 0) is 31.7 Å². The van der Waals surface area contributed by atoms with Crippen LogP contribution < -0.4 is 10.6 Å². The Kier molecular flexibility index (Phi) is 3.63. The summed E-state index contributed by atoms with van der Waals surface area (Å²) in [6, 6.07) is 0.703. The molecule has 2 fully saturated rings. The number of nitrogen functional groups attached to an aromatic ring is 1. The highest BCUT2D eigenvalue weighted by atomic mass is 15.4. The van der Waals surface area contributed by atoms with E-state index < -0.39 is 0 Å². The summed E-state index contributed by atoms with van der Waals surface area (Å²) in [6.07, 6.45) is 3.89. The van der Waals surface area contributed by atoms with Crippen LogP contribution in [0, 0.1) is 0 Å². The van der Waals surface area contributed by atoms with Crippen molar-refractivity contribution in [3.63, 3.8) is 0 Å².